The van der Waals surface area contributed by atoms with E-state index in [4.69, 9.17) is 9.84 Å². The Kier molecular flexibility index (Phi) is 4.98. The van der Waals surface area contributed by atoms with Crippen molar-refractivity contribution in [2.45, 2.75) is 19.3 Å². The smallest absolute Gasteiger partial charge is 0.121 e. The molecule has 1 heterocycles. The Hall–Kier alpha value is -1.81. The fourth-order valence-electron chi connectivity index (χ4n) is 2.05. The molecule has 102 valence electrons. The molecule has 0 saturated heterocycles. The summed E-state index contributed by atoms with van der Waals surface area (Å²) in [6.07, 6.45) is 4.77. The zero-order chi connectivity index (χ0) is 13.5. The second-order valence-electron chi connectivity index (χ2n) is 4.45. The molecule has 0 bridgehead atoms. The Labute approximate surface area is 113 Å². The number of nitrogens with one attached hydrogen (secondary N) is 1. The summed E-state index contributed by atoms with van der Waals surface area (Å²) in [5.41, 5.74) is 2.02. The number of aliphatic hydroxyl groups excluding tert-OH is 1. The number of aliphatic hydroxyl groups is 1. The summed E-state index contributed by atoms with van der Waals surface area (Å²) < 4.78 is 5.20. The van der Waals surface area contributed by atoms with Gasteiger partial charge in [0.2, 0.25) is 0 Å². The first-order chi connectivity index (χ1) is 9.35. The van der Waals surface area contributed by atoms with Gasteiger partial charge < -0.3 is 15.2 Å². The normalized spacial score (nSPS) is 10.6. The number of unbranched alkanes of at least 4 members (excludes halogenated alkanes) is 2. The van der Waals surface area contributed by atoms with Crippen LogP contribution < -0.4 is 10.1 Å². The van der Waals surface area contributed by atoms with Gasteiger partial charge in [-0.15, -0.1) is 0 Å². The van der Waals surface area contributed by atoms with Crippen LogP contribution in [0.3, 0.4) is 0 Å². The summed E-state index contributed by atoms with van der Waals surface area (Å²) >= 11 is 0. The maximum atomic E-state index is 8.73. The zero-order valence-corrected chi connectivity index (χ0v) is 11.2. The van der Waals surface area contributed by atoms with Crippen molar-refractivity contribution in [3.05, 3.63) is 30.5 Å². The van der Waals surface area contributed by atoms with Crippen LogP contribution in [-0.2, 0) is 0 Å². The zero-order valence-electron chi connectivity index (χ0n) is 11.2. The van der Waals surface area contributed by atoms with Crippen LogP contribution in [0.25, 0.3) is 10.9 Å². The topological polar surface area (TPSA) is 54.4 Å². The molecule has 0 unspecified atom stereocenters. The molecule has 2 N–H and O–H groups in total. The molecule has 0 fully saturated rings. The van der Waals surface area contributed by atoms with Crippen LogP contribution in [0.4, 0.5) is 5.69 Å². The van der Waals surface area contributed by atoms with Crippen LogP contribution in [-0.4, -0.2) is 30.4 Å². The number of hydrogen-bond donors (Lipinski definition) is 2. The summed E-state index contributed by atoms with van der Waals surface area (Å²) in [6.45, 7) is 1.18. The molecule has 0 amide bonds. The molecule has 2 aromatic rings. The van der Waals surface area contributed by atoms with Gasteiger partial charge in [0.05, 0.1) is 12.6 Å². The lowest BCUT2D eigenvalue weighted by atomic mass is 10.1. The first-order valence-corrected chi connectivity index (χ1v) is 6.62. The average Bonchev–Trinajstić information content (AvgIpc) is 2.46. The predicted octanol–water partition coefficient (Wildman–Crippen LogP) is 2.82. The van der Waals surface area contributed by atoms with E-state index in [0.717, 1.165) is 48.1 Å². The monoisotopic (exact) mass is 260 g/mol. The van der Waals surface area contributed by atoms with Crippen LogP contribution in [0.2, 0.25) is 0 Å². The molecule has 0 aliphatic carbocycles. The summed E-state index contributed by atoms with van der Waals surface area (Å²) in [5, 5.41) is 13.3. The molecule has 0 aliphatic rings. The maximum absolute atomic E-state index is 8.73. The largest absolute Gasteiger partial charge is 0.497 e. The lowest BCUT2D eigenvalue weighted by Gasteiger charge is -2.10. The number of methoxy groups -OCH3 is 1. The Morgan fingerprint density at radius 2 is 2.11 bits per heavy atom. The van der Waals surface area contributed by atoms with Crippen molar-refractivity contribution in [3.8, 4) is 5.75 Å². The molecule has 0 saturated carbocycles. The van der Waals surface area contributed by atoms with Gasteiger partial charge in [-0.2, -0.15) is 0 Å². The van der Waals surface area contributed by atoms with E-state index in [2.05, 4.69) is 10.3 Å². The van der Waals surface area contributed by atoms with Crippen LogP contribution in [0.15, 0.2) is 30.5 Å². The Bertz CT molecular complexity index is 529. The lowest BCUT2D eigenvalue weighted by molar-refractivity contribution is 0.283. The standard InChI is InChI=1S/C15H20N2O2/c1-19-12-5-6-13-14(7-9-17-15(13)11-12)16-8-3-2-4-10-18/h5-7,9,11,18H,2-4,8,10H2,1H3,(H,16,17). The van der Waals surface area contributed by atoms with E-state index >= 15 is 0 Å². The van der Waals surface area contributed by atoms with E-state index in [1.54, 1.807) is 13.3 Å². The SMILES string of the molecule is COc1ccc2c(NCCCCCO)ccnc2c1. The van der Waals surface area contributed by atoms with Gasteiger partial charge in [-0.25, -0.2) is 0 Å². The van der Waals surface area contributed by atoms with Crippen molar-refractivity contribution in [2.24, 2.45) is 0 Å². The number of benzene rings is 1. The van der Waals surface area contributed by atoms with Gasteiger partial charge in [0, 0.05) is 36.5 Å². The quantitative estimate of drug-likeness (QED) is 0.752. The molecule has 0 aliphatic heterocycles. The molecule has 0 radical (unpaired) electrons. The third kappa shape index (κ3) is 3.58. The van der Waals surface area contributed by atoms with Gasteiger partial charge >= 0.3 is 0 Å². The fourth-order valence-corrected chi connectivity index (χ4v) is 2.05. The Morgan fingerprint density at radius 3 is 2.89 bits per heavy atom. The van der Waals surface area contributed by atoms with Gasteiger partial charge in [0.1, 0.15) is 5.75 Å². The minimum atomic E-state index is 0.276. The summed E-state index contributed by atoms with van der Waals surface area (Å²) in [5.74, 6) is 0.820. The maximum Gasteiger partial charge on any atom is 0.121 e. The van der Waals surface area contributed by atoms with E-state index in [9.17, 15) is 0 Å². The number of anilines is 1. The highest BCUT2D eigenvalue weighted by atomic mass is 16.5. The Balaban J connectivity index is 2.06. The number of pyridine rings is 1. The second kappa shape index (κ2) is 6.95. The molecule has 0 atom stereocenters. The van der Waals surface area contributed by atoms with E-state index < -0.39 is 0 Å². The highest BCUT2D eigenvalue weighted by Crippen LogP contribution is 2.25. The second-order valence-corrected chi connectivity index (χ2v) is 4.45. The van der Waals surface area contributed by atoms with Gasteiger partial charge in [-0.3, -0.25) is 4.98 Å². The summed E-state index contributed by atoms with van der Waals surface area (Å²) in [4.78, 5) is 4.36. The van der Waals surface area contributed by atoms with Crippen LogP contribution in [0.5, 0.6) is 5.75 Å². The third-order valence-electron chi connectivity index (χ3n) is 3.10. The highest BCUT2D eigenvalue weighted by Gasteiger charge is 2.02. The van der Waals surface area contributed by atoms with Gasteiger partial charge in [-0.1, -0.05) is 0 Å². The molecule has 19 heavy (non-hydrogen) atoms. The molecule has 4 heteroatoms. The molecule has 1 aromatic carbocycles. The number of ether oxygens (including phenoxy) is 1. The van der Waals surface area contributed by atoms with E-state index in [0.29, 0.717) is 0 Å². The van der Waals surface area contributed by atoms with Crippen molar-refractivity contribution in [1.29, 1.82) is 0 Å². The predicted molar refractivity (Wildman–Crippen MR) is 77.7 cm³/mol. The first kappa shape index (κ1) is 13.6. The molecule has 1 aromatic heterocycles. The minimum absolute atomic E-state index is 0.276. The van der Waals surface area contributed by atoms with Gasteiger partial charge in [0.25, 0.3) is 0 Å². The molecular formula is C15H20N2O2. The van der Waals surface area contributed by atoms with E-state index in [1.807, 2.05) is 24.3 Å². The van der Waals surface area contributed by atoms with Crippen molar-refractivity contribution in [2.75, 3.05) is 25.6 Å². The first-order valence-electron chi connectivity index (χ1n) is 6.62. The van der Waals surface area contributed by atoms with Crippen LogP contribution in [0, 0.1) is 0 Å². The van der Waals surface area contributed by atoms with E-state index in [1.165, 1.54) is 0 Å². The molecular weight excluding hydrogens is 240 g/mol. The average molecular weight is 260 g/mol. The van der Waals surface area contributed by atoms with Gasteiger partial charge in [-0.05, 0) is 37.5 Å². The number of aromatic nitrogens is 1. The Morgan fingerprint density at radius 1 is 1.21 bits per heavy atom. The van der Waals surface area contributed by atoms with Crippen molar-refractivity contribution in [3.63, 3.8) is 0 Å². The lowest BCUT2D eigenvalue weighted by Crippen LogP contribution is -2.02. The van der Waals surface area contributed by atoms with Gasteiger partial charge in [0.15, 0.2) is 0 Å². The number of fused-ring (bicyclic) bond motifs is 1. The molecule has 4 nitrogen and oxygen atoms in total. The van der Waals surface area contributed by atoms with Crippen molar-refractivity contribution in [1.82, 2.24) is 4.98 Å². The highest BCUT2D eigenvalue weighted by molar-refractivity contribution is 5.91. The van der Waals surface area contributed by atoms with Crippen molar-refractivity contribution < 1.29 is 9.84 Å². The molecule has 0 spiro atoms. The summed E-state index contributed by atoms with van der Waals surface area (Å²) in [7, 11) is 1.66. The number of rotatable bonds is 7. The number of nitrogens with zero attached hydrogens (tertiary/aromatic N) is 1. The third-order valence-corrected chi connectivity index (χ3v) is 3.10. The summed E-state index contributed by atoms with van der Waals surface area (Å²) in [6, 6.07) is 7.89. The van der Waals surface area contributed by atoms with Crippen LogP contribution >= 0.6 is 0 Å². The van der Waals surface area contributed by atoms with E-state index in [-0.39, 0.29) is 6.61 Å². The minimum Gasteiger partial charge on any atom is -0.497 e. The molecule has 2 rings (SSSR count). The van der Waals surface area contributed by atoms with Crippen molar-refractivity contribution >= 4 is 16.6 Å². The fraction of sp³-hybridized carbons (Fsp3) is 0.400. The van der Waals surface area contributed by atoms with Crippen LogP contribution in [0.1, 0.15) is 19.3 Å². The number of hydrogen-bond acceptors (Lipinski definition) is 4.